The topological polar surface area (TPSA) is 90.0 Å². The molecule has 3 heterocycles. The number of fused-ring (bicyclic) bond motifs is 2. The molecule has 1 fully saturated rings. The number of carbonyl (C=O) groups is 3. The molecule has 2 aromatic carbocycles. The van der Waals surface area contributed by atoms with Gasteiger partial charge in [-0.2, -0.15) is 0 Å². The van der Waals surface area contributed by atoms with E-state index in [0.29, 0.717) is 54.2 Å². The average molecular weight is 698 g/mol. The van der Waals surface area contributed by atoms with Crippen LogP contribution in [0.2, 0.25) is 10.6 Å². The summed E-state index contributed by atoms with van der Waals surface area (Å²) < 4.78 is 1.60. The molecule has 12 heteroatoms. The SMILES string of the molecule is O=C(O)CN1C(=O)/C(=C2/Sc3ccccc3N2CCCC(=O)Nc2cccc3c2[Se]CCC[Se]C3)SC1=S. The van der Waals surface area contributed by atoms with Crippen molar-refractivity contribution < 1.29 is 19.5 Å². The van der Waals surface area contributed by atoms with Gasteiger partial charge in [0.1, 0.15) is 6.54 Å². The number of thioether (sulfide) groups is 2. The smallest absolute Gasteiger partial charge is 0.0518 e. The van der Waals surface area contributed by atoms with Crippen molar-refractivity contribution >= 4 is 104 Å². The van der Waals surface area contributed by atoms with Gasteiger partial charge in [0, 0.05) is 0 Å². The van der Waals surface area contributed by atoms with Crippen molar-refractivity contribution in [3.8, 4) is 0 Å². The van der Waals surface area contributed by atoms with Gasteiger partial charge in [0.05, 0.1) is 0 Å². The second kappa shape index (κ2) is 12.6. The van der Waals surface area contributed by atoms with Gasteiger partial charge in [-0.05, 0) is 0 Å². The van der Waals surface area contributed by atoms with Crippen LogP contribution in [0.1, 0.15) is 24.8 Å². The van der Waals surface area contributed by atoms with Crippen molar-refractivity contribution in [3.63, 3.8) is 0 Å². The standard InChI is InChI=1S/C26H25N3O4S3Se2/c30-20(27-17-7-3-6-16-15-37-12-5-13-38-23(16)17)10-4-11-28-18-8-1-2-9-19(18)35-25(28)22-24(33)29(14-21(31)32)26(34)36-22/h1-3,6-9H,4-5,10-15H2,(H,27,30)(H,31,32)/b25-22-. The number of nitrogens with one attached hydrogen (secondary N) is 1. The van der Waals surface area contributed by atoms with E-state index in [-0.39, 0.29) is 16.1 Å². The molecule has 2 amide bonds. The van der Waals surface area contributed by atoms with Crippen LogP contribution < -0.4 is 14.7 Å². The van der Waals surface area contributed by atoms with Crippen LogP contribution in [0.25, 0.3) is 0 Å². The Morgan fingerprint density at radius 3 is 2.76 bits per heavy atom. The van der Waals surface area contributed by atoms with Crippen LogP contribution in [0, 0.1) is 0 Å². The molecule has 2 N–H and O–H groups in total. The molecule has 3 aliphatic rings. The number of rotatable bonds is 7. The van der Waals surface area contributed by atoms with E-state index in [2.05, 4.69) is 16.3 Å². The van der Waals surface area contributed by atoms with Crippen LogP contribution in [0.4, 0.5) is 11.4 Å². The fourth-order valence-electron chi connectivity index (χ4n) is 4.32. The summed E-state index contributed by atoms with van der Waals surface area (Å²) in [6.45, 7) is 0.0971. The second-order valence-corrected chi connectivity index (χ2v) is 16.0. The first-order valence-corrected chi connectivity index (χ1v) is 18.6. The normalized spacial score (nSPS) is 19.2. The molecule has 0 saturated carbocycles. The number of carbonyl (C=O) groups excluding carboxylic acids is 2. The van der Waals surface area contributed by atoms with E-state index < -0.39 is 12.5 Å². The third kappa shape index (κ3) is 6.17. The molecular formula is C26H25N3O4S3Se2. The summed E-state index contributed by atoms with van der Waals surface area (Å²) in [6, 6.07) is 14.2. The van der Waals surface area contributed by atoms with Crippen LogP contribution in [-0.2, 0) is 19.7 Å². The molecule has 2 aromatic rings. The number of anilines is 2. The second-order valence-electron chi connectivity index (χ2n) is 8.71. The molecule has 198 valence electrons. The first-order valence-electron chi connectivity index (χ1n) is 12.1. The van der Waals surface area contributed by atoms with Gasteiger partial charge in [0.2, 0.25) is 0 Å². The van der Waals surface area contributed by atoms with E-state index >= 15 is 0 Å². The molecular weight excluding hydrogens is 672 g/mol. The number of para-hydroxylation sites is 1. The van der Waals surface area contributed by atoms with E-state index in [9.17, 15) is 19.5 Å². The Bertz CT molecular complexity index is 1340. The van der Waals surface area contributed by atoms with Gasteiger partial charge < -0.3 is 5.11 Å². The first-order chi connectivity index (χ1) is 18.4. The van der Waals surface area contributed by atoms with Crippen LogP contribution in [0.3, 0.4) is 0 Å². The van der Waals surface area contributed by atoms with Crippen molar-refractivity contribution in [1.82, 2.24) is 4.90 Å². The van der Waals surface area contributed by atoms with Gasteiger partial charge >= 0.3 is 221 Å². The van der Waals surface area contributed by atoms with Crippen LogP contribution in [0.15, 0.2) is 57.3 Å². The zero-order valence-corrected chi connectivity index (χ0v) is 26.2. The zero-order valence-electron chi connectivity index (χ0n) is 20.3. The fourth-order valence-corrected chi connectivity index (χ4v) is 12.6. The van der Waals surface area contributed by atoms with Gasteiger partial charge in [-0.3, -0.25) is 4.79 Å². The van der Waals surface area contributed by atoms with Gasteiger partial charge in [-0.15, -0.1) is 0 Å². The Labute approximate surface area is 247 Å². The zero-order chi connectivity index (χ0) is 26.6. The number of benzene rings is 2. The minimum atomic E-state index is -1.11. The molecule has 5 rings (SSSR count). The summed E-state index contributed by atoms with van der Waals surface area (Å²) in [7, 11) is 0. The number of carboxylic acid groups (broad SMARTS) is 1. The molecule has 38 heavy (non-hydrogen) atoms. The molecule has 3 aliphatic heterocycles. The maximum absolute atomic E-state index is 13.1. The van der Waals surface area contributed by atoms with Crippen molar-refractivity contribution in [1.29, 1.82) is 0 Å². The number of hydrogen-bond acceptors (Lipinski definition) is 7. The fraction of sp³-hybridized carbons (Fsp3) is 0.308. The summed E-state index contributed by atoms with van der Waals surface area (Å²) in [5.41, 5.74) is 3.35. The number of amides is 2. The number of aliphatic carboxylic acids is 1. The number of carboxylic acids is 1. The van der Waals surface area contributed by atoms with Gasteiger partial charge in [0.15, 0.2) is 0 Å². The number of hydrogen-bond donors (Lipinski definition) is 2. The summed E-state index contributed by atoms with van der Waals surface area (Å²) in [6.07, 6.45) is 2.24. The monoisotopic (exact) mass is 699 g/mol. The van der Waals surface area contributed by atoms with Crippen LogP contribution >= 0.6 is 35.7 Å². The van der Waals surface area contributed by atoms with Crippen molar-refractivity contribution in [3.05, 3.63) is 58.0 Å². The van der Waals surface area contributed by atoms with E-state index in [1.165, 1.54) is 38.8 Å². The Balaban J connectivity index is 1.29. The van der Waals surface area contributed by atoms with Crippen LogP contribution in [-0.4, -0.2) is 75.1 Å². The molecule has 0 radical (unpaired) electrons. The molecule has 0 atom stereocenters. The van der Waals surface area contributed by atoms with E-state index in [4.69, 9.17) is 12.2 Å². The predicted octanol–water partition coefficient (Wildman–Crippen LogP) is 3.91. The van der Waals surface area contributed by atoms with E-state index in [1.807, 2.05) is 36.4 Å². The minimum absolute atomic E-state index is 0.00348. The van der Waals surface area contributed by atoms with Gasteiger partial charge in [-0.1, -0.05) is 12.2 Å². The molecule has 0 bridgehead atoms. The van der Waals surface area contributed by atoms with Crippen LogP contribution in [0.5, 0.6) is 0 Å². The maximum atomic E-state index is 13.1. The first kappa shape index (κ1) is 27.8. The van der Waals surface area contributed by atoms with Crippen molar-refractivity contribution in [2.24, 2.45) is 0 Å². The molecule has 0 spiro atoms. The average Bonchev–Trinajstić information content (AvgIpc) is 3.37. The summed E-state index contributed by atoms with van der Waals surface area (Å²) in [5.74, 6) is -1.49. The third-order valence-electron chi connectivity index (χ3n) is 6.04. The Morgan fingerprint density at radius 2 is 1.92 bits per heavy atom. The molecule has 0 unspecified atom stereocenters. The summed E-state index contributed by atoms with van der Waals surface area (Å²) in [4.78, 5) is 41.9. The Morgan fingerprint density at radius 1 is 1.08 bits per heavy atom. The molecule has 7 nitrogen and oxygen atoms in total. The molecule has 0 aromatic heterocycles. The van der Waals surface area contributed by atoms with Gasteiger partial charge in [-0.25, -0.2) is 0 Å². The summed E-state index contributed by atoms with van der Waals surface area (Å²) >= 11 is 8.95. The number of thiocarbonyl (C=S) groups is 1. The molecule has 1 saturated heterocycles. The number of nitrogens with zero attached hydrogens (tertiary/aromatic N) is 2. The summed E-state index contributed by atoms with van der Waals surface area (Å²) in [5, 5.41) is 16.8. The Kier molecular flexibility index (Phi) is 9.21. The van der Waals surface area contributed by atoms with E-state index in [1.54, 1.807) is 0 Å². The van der Waals surface area contributed by atoms with Gasteiger partial charge in [0.25, 0.3) is 0 Å². The predicted molar refractivity (Wildman–Crippen MR) is 160 cm³/mol. The van der Waals surface area contributed by atoms with Crippen molar-refractivity contribution in [2.45, 2.75) is 40.1 Å². The Hall–Kier alpha value is -1.78. The third-order valence-corrected chi connectivity index (χ3v) is 13.7. The van der Waals surface area contributed by atoms with Crippen molar-refractivity contribution in [2.75, 3.05) is 23.3 Å². The molecule has 0 aliphatic carbocycles. The van der Waals surface area contributed by atoms with E-state index in [0.717, 1.165) is 43.3 Å². The minimum Gasteiger partial charge on any atom is -0.0518 e. The quantitative estimate of drug-likeness (QED) is 0.256.